The molecule has 8 nitrogen and oxygen atoms in total. The van der Waals surface area contributed by atoms with Gasteiger partial charge < -0.3 is 19.1 Å². The van der Waals surface area contributed by atoms with E-state index in [0.29, 0.717) is 22.9 Å². The number of nitrogens with zero attached hydrogens (tertiary/aromatic N) is 2. The van der Waals surface area contributed by atoms with Gasteiger partial charge in [-0.3, -0.25) is 19.4 Å². The Morgan fingerprint density at radius 1 is 1.00 bits per heavy atom. The van der Waals surface area contributed by atoms with Crippen molar-refractivity contribution >= 4 is 68.3 Å². The molecule has 0 radical (unpaired) electrons. The summed E-state index contributed by atoms with van der Waals surface area (Å²) in [6.07, 6.45) is 5.54. The maximum Gasteiger partial charge on any atom is 0.319 e. The van der Waals surface area contributed by atoms with Gasteiger partial charge in [0, 0.05) is 23.9 Å². The molecule has 3 aromatic carbocycles. The molecule has 10 heteroatoms. The molecule has 0 saturated carbocycles. The highest BCUT2D eigenvalue weighted by Gasteiger charge is 2.58. The second-order valence-corrected chi connectivity index (χ2v) is 15.2. The molecule has 3 aromatic rings. The van der Waals surface area contributed by atoms with Crippen LogP contribution < -0.4 is 14.4 Å². The van der Waals surface area contributed by atoms with Crippen LogP contribution in [0.25, 0.3) is 10.8 Å². The first-order valence-electron chi connectivity index (χ1n) is 16.4. The molecule has 0 fully saturated rings. The molecular formula is C37H44N2O6S2. The van der Waals surface area contributed by atoms with E-state index in [-0.39, 0.29) is 22.9 Å². The lowest BCUT2D eigenvalue weighted by molar-refractivity contribution is -0.144. The average Bonchev–Trinajstić information content (AvgIpc) is 3.22. The average molecular weight is 677 g/mol. The Morgan fingerprint density at radius 3 is 2.49 bits per heavy atom. The predicted molar refractivity (Wildman–Crippen MR) is 193 cm³/mol. The fourth-order valence-electron chi connectivity index (χ4n) is 6.10. The van der Waals surface area contributed by atoms with Gasteiger partial charge >= 0.3 is 11.9 Å². The fourth-order valence-corrected chi connectivity index (χ4v) is 8.36. The van der Waals surface area contributed by atoms with Crippen LogP contribution in [0, 0.1) is 5.92 Å². The minimum absolute atomic E-state index is 0.128. The van der Waals surface area contributed by atoms with E-state index < -0.39 is 28.8 Å². The molecule has 5 rings (SSSR count). The maximum atomic E-state index is 13.3. The van der Waals surface area contributed by atoms with Crippen LogP contribution in [0.5, 0.6) is 11.5 Å². The van der Waals surface area contributed by atoms with Crippen molar-refractivity contribution in [2.24, 2.45) is 10.9 Å². The van der Waals surface area contributed by atoms with Gasteiger partial charge in [0.15, 0.2) is 0 Å². The summed E-state index contributed by atoms with van der Waals surface area (Å²) in [6.45, 7) is 10.4. The minimum Gasteiger partial charge on any atom is -0.465 e. The molecule has 3 unspecified atom stereocenters. The molecule has 2 aliphatic rings. The van der Waals surface area contributed by atoms with Crippen molar-refractivity contribution in [2.45, 2.75) is 83.1 Å². The Balaban J connectivity index is 1.32. The van der Waals surface area contributed by atoms with Crippen LogP contribution in [0.1, 0.15) is 72.3 Å². The summed E-state index contributed by atoms with van der Waals surface area (Å²) in [6, 6.07) is 17.7. The largest absolute Gasteiger partial charge is 0.465 e. The molecule has 2 heterocycles. The number of carbonyl (C=O) groups excluding carboxylic acids is 3. The van der Waals surface area contributed by atoms with Crippen molar-refractivity contribution in [3.05, 3.63) is 60.2 Å². The zero-order chi connectivity index (χ0) is 33.8. The van der Waals surface area contributed by atoms with Crippen LogP contribution in [0.4, 0.5) is 16.2 Å². The van der Waals surface area contributed by atoms with Crippen LogP contribution in [0.15, 0.2) is 59.6 Å². The minimum atomic E-state index is -0.807. The van der Waals surface area contributed by atoms with Crippen molar-refractivity contribution in [3.8, 4) is 11.5 Å². The summed E-state index contributed by atoms with van der Waals surface area (Å²) < 4.78 is 17.9. The number of aliphatic imine (C=N–C) groups is 1. The number of ether oxygens (including phenoxy) is 3. The number of para-hydroxylation sites is 1. The highest BCUT2D eigenvalue weighted by atomic mass is 32.2. The summed E-state index contributed by atoms with van der Waals surface area (Å²) in [5, 5.41) is 0.939. The molecule has 2 aliphatic heterocycles. The SMILES string of the molecule is CCCCOC(=O)C(CC(C)C(=O)Oc1ccc2ccc3c(c2c1)N=CC1(O3)N(C)c2ccccc2C1(C)C)SC(=O)SCCCC. The Bertz CT molecular complexity index is 1670. The van der Waals surface area contributed by atoms with E-state index in [0.717, 1.165) is 53.9 Å². The molecule has 0 saturated heterocycles. The molecule has 1 spiro atoms. The Morgan fingerprint density at radius 2 is 1.74 bits per heavy atom. The lowest BCUT2D eigenvalue weighted by atomic mass is 9.77. The number of fused-ring (bicyclic) bond motifs is 4. The lowest BCUT2D eigenvalue weighted by Gasteiger charge is -2.45. The van der Waals surface area contributed by atoms with E-state index in [1.165, 1.54) is 17.3 Å². The van der Waals surface area contributed by atoms with Gasteiger partial charge in [0.1, 0.15) is 22.4 Å². The van der Waals surface area contributed by atoms with Crippen LogP contribution in [-0.2, 0) is 19.7 Å². The first-order valence-corrected chi connectivity index (χ1v) is 18.2. The number of benzene rings is 3. The standard InChI is InChI=1S/C37H44N2O6S2/c1-7-9-19-43-34(41)31(47-35(42)46-20-10-8-2)21-24(3)33(40)44-26-17-15-25-16-18-30-32(27(25)22-26)38-23-37(45-30)36(4,5)28-13-11-12-14-29(28)39(37)6/h11-18,22-24,31H,7-10,19-21H2,1-6H3. The Kier molecular flexibility index (Phi) is 10.9. The third kappa shape index (κ3) is 7.04. The van der Waals surface area contributed by atoms with Gasteiger partial charge in [-0.15, -0.1) is 0 Å². The third-order valence-corrected chi connectivity index (χ3v) is 11.3. The Labute approximate surface area is 286 Å². The van der Waals surface area contributed by atoms with E-state index in [1.807, 2.05) is 50.5 Å². The van der Waals surface area contributed by atoms with E-state index >= 15 is 0 Å². The highest BCUT2D eigenvalue weighted by Crippen LogP contribution is 2.54. The number of unbranched alkanes of at least 4 members (excludes halogenated alkanes) is 2. The van der Waals surface area contributed by atoms with E-state index in [2.05, 4.69) is 37.8 Å². The van der Waals surface area contributed by atoms with Crippen LogP contribution >= 0.6 is 23.5 Å². The predicted octanol–water partition coefficient (Wildman–Crippen LogP) is 9.09. The summed E-state index contributed by atoms with van der Waals surface area (Å²) in [5.41, 5.74) is 1.78. The van der Waals surface area contributed by atoms with E-state index in [4.69, 9.17) is 19.2 Å². The first kappa shape index (κ1) is 34.8. The molecule has 3 atom stereocenters. The molecule has 250 valence electrons. The third-order valence-electron chi connectivity index (χ3n) is 9.04. The van der Waals surface area contributed by atoms with Crippen LogP contribution in [0.2, 0.25) is 0 Å². The van der Waals surface area contributed by atoms with E-state index in [9.17, 15) is 14.4 Å². The lowest BCUT2D eigenvalue weighted by Crippen LogP contribution is -2.61. The quantitative estimate of drug-likeness (QED) is 0.106. The molecule has 0 aliphatic carbocycles. The van der Waals surface area contributed by atoms with Crippen LogP contribution in [0.3, 0.4) is 0 Å². The molecular weight excluding hydrogens is 633 g/mol. The van der Waals surface area contributed by atoms with Crippen molar-refractivity contribution in [3.63, 3.8) is 0 Å². The normalized spacial score (nSPS) is 18.7. The van der Waals surface area contributed by atoms with Gasteiger partial charge in [-0.1, -0.05) is 87.5 Å². The number of hydrogen-bond donors (Lipinski definition) is 0. The highest BCUT2D eigenvalue weighted by molar-refractivity contribution is 8.39. The van der Waals surface area contributed by atoms with Gasteiger partial charge in [-0.2, -0.15) is 0 Å². The number of likely N-dealkylation sites (N-methyl/N-ethyl adjacent to an activating group) is 1. The number of carbonyl (C=O) groups is 3. The fraction of sp³-hybridized carbons (Fsp3) is 0.459. The van der Waals surface area contributed by atoms with Crippen molar-refractivity contribution < 1.29 is 28.6 Å². The zero-order valence-electron chi connectivity index (χ0n) is 28.0. The van der Waals surface area contributed by atoms with Crippen molar-refractivity contribution in [2.75, 3.05) is 24.3 Å². The number of thioether (sulfide) groups is 2. The summed E-state index contributed by atoms with van der Waals surface area (Å²) in [7, 11) is 2.03. The molecule has 0 bridgehead atoms. The van der Waals surface area contributed by atoms with E-state index in [1.54, 1.807) is 19.1 Å². The van der Waals surface area contributed by atoms with Gasteiger partial charge in [-0.25, -0.2) is 0 Å². The maximum absolute atomic E-state index is 13.3. The topological polar surface area (TPSA) is 94.5 Å². The number of hydrogen-bond acceptors (Lipinski definition) is 10. The summed E-state index contributed by atoms with van der Waals surface area (Å²) in [4.78, 5) is 45.9. The monoisotopic (exact) mass is 676 g/mol. The summed E-state index contributed by atoms with van der Waals surface area (Å²) >= 11 is 2.15. The number of anilines is 1. The first-order chi connectivity index (χ1) is 22.5. The smallest absolute Gasteiger partial charge is 0.319 e. The van der Waals surface area contributed by atoms with Gasteiger partial charge in [-0.05, 0) is 68.3 Å². The number of esters is 2. The molecule has 0 aromatic heterocycles. The van der Waals surface area contributed by atoms with Crippen molar-refractivity contribution in [1.29, 1.82) is 0 Å². The van der Waals surface area contributed by atoms with Crippen LogP contribution in [-0.4, -0.2) is 53.0 Å². The molecule has 0 amide bonds. The zero-order valence-corrected chi connectivity index (χ0v) is 29.7. The molecule has 0 N–H and O–H groups in total. The van der Waals surface area contributed by atoms with Gasteiger partial charge in [0.2, 0.25) is 10.2 Å². The van der Waals surface area contributed by atoms with Gasteiger partial charge in [0.25, 0.3) is 0 Å². The molecule has 47 heavy (non-hydrogen) atoms. The second-order valence-electron chi connectivity index (χ2n) is 12.7. The van der Waals surface area contributed by atoms with Gasteiger partial charge in [0.05, 0.1) is 24.2 Å². The summed E-state index contributed by atoms with van der Waals surface area (Å²) in [5.74, 6) is 0.0968. The number of rotatable bonds is 12. The second kappa shape index (κ2) is 14.7. The van der Waals surface area contributed by atoms with Crippen molar-refractivity contribution in [1.82, 2.24) is 0 Å². The Hall–Kier alpha value is -3.50.